The summed E-state index contributed by atoms with van der Waals surface area (Å²) in [5, 5.41) is 19.6. The van der Waals surface area contributed by atoms with Crippen molar-refractivity contribution in [2.75, 3.05) is 92.4 Å². The largest absolute Gasteiger partial charge is 0.467 e. The molecule has 7 N–H and O–H groups in total. The van der Waals surface area contributed by atoms with Gasteiger partial charge in [0.2, 0.25) is 41.4 Å². The third-order valence-corrected chi connectivity index (χ3v) is 15.4. The summed E-state index contributed by atoms with van der Waals surface area (Å²) in [6, 6.07) is 17.2. The third-order valence-electron chi connectivity index (χ3n) is 15.4. The average molecular weight is 1330 g/mol. The molecule has 2 fully saturated rings. The number of pyridine rings is 2. The van der Waals surface area contributed by atoms with Crippen LogP contribution < -0.4 is 51.4 Å². The van der Waals surface area contributed by atoms with Crippen LogP contribution in [0.2, 0.25) is 0 Å². The Morgan fingerprint density at radius 2 is 1.01 bits per heavy atom. The van der Waals surface area contributed by atoms with Gasteiger partial charge in [0.25, 0.3) is 11.8 Å². The molecule has 2 aliphatic rings. The van der Waals surface area contributed by atoms with E-state index < -0.39 is 102 Å². The molecule has 29 heteroatoms. The van der Waals surface area contributed by atoms with Crippen LogP contribution in [0.1, 0.15) is 85.2 Å². The minimum Gasteiger partial charge on any atom is -0.467 e. The van der Waals surface area contributed by atoms with E-state index in [0.29, 0.717) is 54.1 Å². The maximum Gasteiger partial charge on any atom is 0.254 e. The zero-order valence-electron chi connectivity index (χ0n) is 54.8. The monoisotopic (exact) mass is 1330 g/mol. The van der Waals surface area contributed by atoms with Gasteiger partial charge in [0.15, 0.2) is 20.4 Å². The first-order valence-corrected chi connectivity index (χ1v) is 31.3. The first kappa shape index (κ1) is 73.8. The number of methoxy groups -OCH3 is 3. The summed E-state index contributed by atoms with van der Waals surface area (Å²) >= 11 is 0. The number of carbonyl (C=O) groups is 9. The van der Waals surface area contributed by atoms with Crippen molar-refractivity contribution >= 4 is 64.5 Å². The first-order chi connectivity index (χ1) is 46.3. The van der Waals surface area contributed by atoms with Crippen molar-refractivity contribution in [3.05, 3.63) is 138 Å². The van der Waals surface area contributed by atoms with Gasteiger partial charge in [-0.05, 0) is 109 Å². The maximum atomic E-state index is 14.9. The Labute approximate surface area is 556 Å². The van der Waals surface area contributed by atoms with Gasteiger partial charge in [-0.3, -0.25) is 53.1 Å². The molecule has 0 saturated carbocycles. The quantitative estimate of drug-likeness (QED) is 0.0220. The number of aromatic nitrogens is 2. The van der Waals surface area contributed by atoms with Crippen LogP contribution >= 0.6 is 0 Å². The number of rotatable bonds is 37. The lowest BCUT2D eigenvalue weighted by atomic mass is 9.98. The molecule has 2 aliphatic heterocycles. The van der Waals surface area contributed by atoms with E-state index in [2.05, 4.69) is 47.2 Å². The summed E-state index contributed by atoms with van der Waals surface area (Å²) in [7, 11) is 4.38. The fourth-order valence-corrected chi connectivity index (χ4v) is 10.5. The van der Waals surface area contributed by atoms with Crippen LogP contribution in [-0.4, -0.2) is 191 Å². The molecule has 4 heterocycles. The van der Waals surface area contributed by atoms with Gasteiger partial charge in [-0.15, -0.1) is 0 Å². The number of hydrogen-bond donors (Lipinski definition) is 7. The van der Waals surface area contributed by atoms with Crippen molar-refractivity contribution in [2.24, 2.45) is 11.8 Å². The average Bonchev–Trinajstić information content (AvgIpc) is 1.49. The molecule has 0 unspecified atom stereocenters. The van der Waals surface area contributed by atoms with Crippen LogP contribution in [0.3, 0.4) is 0 Å². The van der Waals surface area contributed by atoms with Gasteiger partial charge in [-0.1, -0.05) is 52.0 Å². The van der Waals surface area contributed by atoms with Crippen LogP contribution in [0.5, 0.6) is 17.2 Å². The highest BCUT2D eigenvalue weighted by Crippen LogP contribution is 2.28. The summed E-state index contributed by atoms with van der Waals surface area (Å²) in [5.74, 6) is -5.82. The van der Waals surface area contributed by atoms with Crippen molar-refractivity contribution in [3.63, 3.8) is 0 Å². The summed E-state index contributed by atoms with van der Waals surface area (Å²) in [6.07, 6.45) is 7.51. The fraction of sp³-hybridized carbons (Fsp3) is 0.448. The molecule has 7 rings (SSSR count). The predicted molar refractivity (Wildman–Crippen MR) is 346 cm³/mol. The van der Waals surface area contributed by atoms with Crippen molar-refractivity contribution in [1.29, 1.82) is 0 Å². The number of nitrogens with zero attached hydrogens (tertiary/aromatic N) is 4. The summed E-state index contributed by atoms with van der Waals surface area (Å²) in [5.41, 5.74) is 1.92. The molecule has 5 aromatic rings. The van der Waals surface area contributed by atoms with E-state index in [1.807, 2.05) is 0 Å². The minimum atomic E-state index is -1.39. The Bertz CT molecular complexity index is 3370. The van der Waals surface area contributed by atoms with Gasteiger partial charge < -0.3 is 89.6 Å². The van der Waals surface area contributed by atoms with Gasteiger partial charge in [0, 0.05) is 83.2 Å². The standard InChI is InChI=1S/C67H85N11O18/c1-42(2)58(65(85)72-49-30-47(31-52(32-49)96-41-93-38-90-7)67(87)78-27-11-14-55(78)63(83)70-35-57(79)77-26-10-15-56(77)64(84)71-48-13-9-25-69-34-48)75-62(82)54(29-45-18-22-51(23-19-45)95-40-92-37-89-6)74-66(86)59(43(3)4)76-61(81)53(73-60(80)46-12-8-24-68-33-46)28-44-16-20-50(21-17-44)94-39-91-36-88-5/h8-9,12-13,16-25,30-34,42-43,53-56,58-59H,10-11,14-15,26-29,35-41H2,1-7H3,(H,70,83)(H,71,84)(H,72,85)(H,73,80)(H,74,86)(H,75,82)(H,76,81)/t53-,54-,55-,56-,58-,59-/m0/s1. The molecular formula is C67H85N11O18. The summed E-state index contributed by atoms with van der Waals surface area (Å²) < 4.78 is 47.8. The second-order valence-corrected chi connectivity index (χ2v) is 23.2. The third kappa shape index (κ3) is 22.5. The second-order valence-electron chi connectivity index (χ2n) is 23.2. The van der Waals surface area contributed by atoms with E-state index >= 15 is 0 Å². The maximum absolute atomic E-state index is 14.9. The highest BCUT2D eigenvalue weighted by atomic mass is 16.7. The molecule has 0 radical (unpaired) electrons. The second kappa shape index (κ2) is 38.0. The Morgan fingerprint density at radius 1 is 0.500 bits per heavy atom. The Kier molecular flexibility index (Phi) is 29.2. The zero-order valence-corrected chi connectivity index (χ0v) is 54.8. The minimum absolute atomic E-state index is 0.00107. The molecule has 0 aliphatic carbocycles. The summed E-state index contributed by atoms with van der Waals surface area (Å²) in [4.78, 5) is 138. The van der Waals surface area contributed by atoms with Crippen molar-refractivity contribution < 1.29 is 85.8 Å². The number of anilines is 2. The number of hydrogen-bond acceptors (Lipinski definition) is 20. The van der Waals surface area contributed by atoms with Crippen molar-refractivity contribution in [2.45, 2.75) is 102 Å². The topological polar surface area (TPSA) is 353 Å². The van der Waals surface area contributed by atoms with Crippen molar-refractivity contribution in [1.82, 2.24) is 46.4 Å². The normalized spacial score (nSPS) is 15.6. The molecule has 2 saturated heterocycles. The van der Waals surface area contributed by atoms with E-state index in [4.69, 9.17) is 42.6 Å². The van der Waals surface area contributed by atoms with Gasteiger partial charge in [0.05, 0.1) is 24.0 Å². The highest BCUT2D eigenvalue weighted by molar-refractivity contribution is 6.03. The molecule has 0 bridgehead atoms. The first-order valence-electron chi connectivity index (χ1n) is 31.3. The summed E-state index contributed by atoms with van der Waals surface area (Å²) in [6.45, 7) is 6.23. The van der Waals surface area contributed by atoms with Crippen LogP contribution in [0, 0.1) is 11.8 Å². The van der Waals surface area contributed by atoms with Gasteiger partial charge >= 0.3 is 0 Å². The molecule has 9 amide bonds. The van der Waals surface area contributed by atoms with E-state index in [-0.39, 0.29) is 95.0 Å². The highest BCUT2D eigenvalue weighted by Gasteiger charge is 2.39. The van der Waals surface area contributed by atoms with Crippen LogP contribution in [0.25, 0.3) is 0 Å². The van der Waals surface area contributed by atoms with Gasteiger partial charge in [0.1, 0.15) is 73.9 Å². The lowest BCUT2D eigenvalue weighted by Gasteiger charge is -2.29. The smallest absolute Gasteiger partial charge is 0.254 e. The number of ether oxygens (including phenoxy) is 9. The Hall–Kier alpha value is -9.65. The Morgan fingerprint density at radius 3 is 1.53 bits per heavy atom. The van der Waals surface area contributed by atoms with E-state index in [9.17, 15) is 43.2 Å². The van der Waals surface area contributed by atoms with E-state index in [1.54, 1.807) is 101 Å². The molecule has 0 spiro atoms. The molecule has 2 aromatic heterocycles. The van der Waals surface area contributed by atoms with Crippen LogP contribution in [0.4, 0.5) is 11.4 Å². The molecule has 96 heavy (non-hydrogen) atoms. The molecule has 3 aromatic carbocycles. The van der Waals surface area contributed by atoms with Crippen LogP contribution in [0.15, 0.2) is 116 Å². The number of carbonyl (C=O) groups excluding carboxylic acids is 9. The number of likely N-dealkylation sites (tertiary alicyclic amines) is 2. The molecule has 29 nitrogen and oxygen atoms in total. The lowest BCUT2D eigenvalue weighted by Crippen LogP contribution is -2.60. The lowest BCUT2D eigenvalue weighted by molar-refractivity contribution is -0.137. The zero-order chi connectivity index (χ0) is 68.9. The predicted octanol–water partition coefficient (Wildman–Crippen LogP) is 3.69. The van der Waals surface area contributed by atoms with Gasteiger partial charge in [-0.2, -0.15) is 0 Å². The SMILES string of the molecule is COCOCOc1ccc(C[C@H](NC(=O)c2cccnc2)C(=O)N[C@H](C(=O)N[C@@H](Cc2ccc(OCOCOC)cc2)C(=O)N[C@H](C(=O)Nc2cc(OCOCOC)cc(C(=O)N3CCC[C@H]3C(=O)NCC(=O)N3CCC[C@H]3C(=O)Nc3cccnc3)c2)C(C)C)C(C)C)cc1. The Balaban J connectivity index is 1.08. The molecule has 6 atom stereocenters. The van der Waals surface area contributed by atoms with Gasteiger partial charge in [-0.25, -0.2) is 0 Å². The molecule has 516 valence electrons. The van der Waals surface area contributed by atoms with Crippen molar-refractivity contribution in [3.8, 4) is 17.2 Å². The number of benzene rings is 3. The molecular weight excluding hydrogens is 1250 g/mol. The van der Waals surface area contributed by atoms with E-state index in [0.717, 1.165) is 0 Å². The van der Waals surface area contributed by atoms with E-state index in [1.165, 1.54) is 74.0 Å². The van der Waals surface area contributed by atoms with Crippen LogP contribution in [-0.2, 0) is 74.8 Å². The number of nitrogens with one attached hydrogen (secondary N) is 7. The number of amides is 9. The fourth-order valence-electron chi connectivity index (χ4n) is 10.5.